The molecule has 1 atom stereocenters. The van der Waals surface area contributed by atoms with E-state index in [1.165, 1.54) is 6.07 Å². The van der Waals surface area contributed by atoms with Crippen molar-refractivity contribution in [1.82, 2.24) is 10.6 Å². The zero-order valence-electron chi connectivity index (χ0n) is 15.1. The second kappa shape index (κ2) is 7.88. The van der Waals surface area contributed by atoms with Gasteiger partial charge in [0.15, 0.2) is 0 Å². The quantitative estimate of drug-likeness (QED) is 0.708. The summed E-state index contributed by atoms with van der Waals surface area (Å²) in [5.41, 5.74) is -0.553. The Morgan fingerprint density at radius 1 is 1.37 bits per heavy atom. The van der Waals surface area contributed by atoms with Gasteiger partial charge in [-0.3, -0.25) is 9.59 Å². The molecule has 1 aromatic rings. The van der Waals surface area contributed by atoms with E-state index >= 15 is 0 Å². The summed E-state index contributed by atoms with van der Waals surface area (Å²) in [6, 6.07) is 1.88. The van der Waals surface area contributed by atoms with Crippen molar-refractivity contribution in [1.29, 1.82) is 0 Å². The largest absolute Gasteiger partial charge is 0.466 e. The predicted octanol–water partition coefficient (Wildman–Crippen LogP) is 3.33. The van der Waals surface area contributed by atoms with Crippen molar-refractivity contribution in [2.75, 3.05) is 13.2 Å². The summed E-state index contributed by atoms with van der Waals surface area (Å²) in [5, 5.41) is 5.65. The van der Waals surface area contributed by atoms with Crippen molar-refractivity contribution >= 4 is 11.9 Å². The normalized spacial score (nSPS) is 17.9. The molecule has 148 valence electrons. The van der Waals surface area contributed by atoms with Gasteiger partial charge in [0.05, 0.1) is 18.6 Å². The molecular formula is C19H23F3N2O3. The van der Waals surface area contributed by atoms with E-state index in [9.17, 15) is 22.8 Å². The van der Waals surface area contributed by atoms with Crippen LogP contribution in [0.15, 0.2) is 12.1 Å². The Bertz CT molecular complexity index is 730. The molecule has 0 bridgehead atoms. The smallest absolute Gasteiger partial charge is 0.416 e. The lowest BCUT2D eigenvalue weighted by Gasteiger charge is -2.29. The fourth-order valence-corrected chi connectivity index (χ4v) is 3.51. The molecule has 2 N–H and O–H groups in total. The fourth-order valence-electron chi connectivity index (χ4n) is 3.51. The van der Waals surface area contributed by atoms with E-state index in [4.69, 9.17) is 4.74 Å². The molecule has 1 aromatic carbocycles. The van der Waals surface area contributed by atoms with Crippen LogP contribution in [0.25, 0.3) is 0 Å². The predicted molar refractivity (Wildman–Crippen MR) is 91.9 cm³/mol. The maximum Gasteiger partial charge on any atom is 0.416 e. The number of hydrogen-bond donors (Lipinski definition) is 2. The van der Waals surface area contributed by atoms with Crippen LogP contribution in [0, 0.1) is 5.92 Å². The number of benzene rings is 1. The van der Waals surface area contributed by atoms with Crippen LogP contribution in [-0.2, 0) is 22.3 Å². The van der Waals surface area contributed by atoms with Gasteiger partial charge in [-0.2, -0.15) is 13.2 Å². The fraction of sp³-hybridized carbons (Fsp3) is 0.579. The number of fused-ring (bicyclic) bond motifs is 1. The first-order valence-electron chi connectivity index (χ1n) is 9.20. The summed E-state index contributed by atoms with van der Waals surface area (Å²) >= 11 is 0. The highest BCUT2D eigenvalue weighted by Crippen LogP contribution is 2.38. The molecule has 0 spiro atoms. The molecule has 1 heterocycles. The maximum atomic E-state index is 13.5. The molecule has 0 radical (unpaired) electrons. The van der Waals surface area contributed by atoms with Gasteiger partial charge in [-0.05, 0) is 55.5 Å². The van der Waals surface area contributed by atoms with Crippen LogP contribution in [0.2, 0.25) is 0 Å². The summed E-state index contributed by atoms with van der Waals surface area (Å²) in [6.07, 6.45) is -1.38. The van der Waals surface area contributed by atoms with Gasteiger partial charge in [0.1, 0.15) is 0 Å². The molecular weight excluding hydrogens is 361 g/mol. The Morgan fingerprint density at radius 2 is 2.11 bits per heavy atom. The lowest BCUT2D eigenvalue weighted by atomic mass is 9.85. The van der Waals surface area contributed by atoms with Crippen LogP contribution in [-0.4, -0.2) is 25.0 Å². The first-order valence-corrected chi connectivity index (χ1v) is 9.20. The average Bonchev–Trinajstić information content (AvgIpc) is 2.92. The number of hydrogen-bond acceptors (Lipinski definition) is 4. The Morgan fingerprint density at radius 3 is 2.70 bits per heavy atom. The first-order chi connectivity index (χ1) is 12.8. The highest BCUT2D eigenvalue weighted by Gasteiger charge is 2.38. The first kappa shape index (κ1) is 19.7. The van der Waals surface area contributed by atoms with Crippen LogP contribution in [0.1, 0.15) is 65.7 Å². The standard InChI is InChI=1S/C19H23F3N2O3/c1-2-27-17(25)8-16(23-9-11-4-3-5-11)12-6-13-14(10-24-18(13)26)15(7-12)19(20,21)22/h6-7,11,16,23H,2-5,8-10H2,1H3,(H,24,26)/t16-/m1/s1. The number of amides is 1. The van der Waals surface area contributed by atoms with E-state index in [-0.39, 0.29) is 36.3 Å². The van der Waals surface area contributed by atoms with Crippen LogP contribution in [0.4, 0.5) is 13.2 Å². The third-order valence-corrected chi connectivity index (χ3v) is 5.20. The molecule has 1 aliphatic heterocycles. The van der Waals surface area contributed by atoms with Crippen LogP contribution in [0.5, 0.6) is 0 Å². The van der Waals surface area contributed by atoms with Gasteiger partial charge < -0.3 is 15.4 Å². The molecule has 1 saturated carbocycles. The van der Waals surface area contributed by atoms with Crippen molar-refractivity contribution in [3.63, 3.8) is 0 Å². The maximum absolute atomic E-state index is 13.5. The third kappa shape index (κ3) is 4.43. The third-order valence-electron chi connectivity index (χ3n) is 5.20. The number of esters is 1. The van der Waals surface area contributed by atoms with Gasteiger partial charge in [0.25, 0.3) is 5.91 Å². The molecule has 0 aromatic heterocycles. The Kier molecular flexibility index (Phi) is 5.74. The molecule has 8 heteroatoms. The number of carbonyl (C=O) groups excluding carboxylic acids is 2. The van der Waals surface area contributed by atoms with E-state index in [0.717, 1.165) is 25.3 Å². The van der Waals surface area contributed by atoms with Crippen molar-refractivity contribution in [2.24, 2.45) is 5.92 Å². The zero-order valence-corrected chi connectivity index (χ0v) is 15.1. The number of ether oxygens (including phenoxy) is 1. The highest BCUT2D eigenvalue weighted by atomic mass is 19.4. The van der Waals surface area contributed by atoms with Crippen molar-refractivity contribution < 1.29 is 27.5 Å². The lowest BCUT2D eigenvalue weighted by Crippen LogP contribution is -2.32. The monoisotopic (exact) mass is 384 g/mol. The average molecular weight is 384 g/mol. The molecule has 1 aliphatic carbocycles. The van der Waals surface area contributed by atoms with Gasteiger partial charge in [0.2, 0.25) is 0 Å². The SMILES string of the molecule is CCOC(=O)C[C@@H](NCC1CCC1)c1cc2c(c(C(F)(F)F)c1)CNC2=O. The summed E-state index contributed by atoms with van der Waals surface area (Å²) in [5.74, 6) is -0.539. The van der Waals surface area contributed by atoms with E-state index in [2.05, 4.69) is 10.6 Å². The number of alkyl halides is 3. The number of halogens is 3. The van der Waals surface area contributed by atoms with Gasteiger partial charge >= 0.3 is 12.1 Å². The van der Waals surface area contributed by atoms with E-state index in [1.54, 1.807) is 6.92 Å². The van der Waals surface area contributed by atoms with E-state index < -0.39 is 29.7 Å². The van der Waals surface area contributed by atoms with Crippen molar-refractivity contribution in [3.8, 4) is 0 Å². The second-order valence-corrected chi connectivity index (χ2v) is 7.04. The summed E-state index contributed by atoms with van der Waals surface area (Å²) in [4.78, 5) is 23.9. The second-order valence-electron chi connectivity index (χ2n) is 7.04. The van der Waals surface area contributed by atoms with E-state index in [1.807, 2.05) is 0 Å². The van der Waals surface area contributed by atoms with Gasteiger partial charge in [-0.15, -0.1) is 0 Å². The summed E-state index contributed by atoms with van der Waals surface area (Å²) < 4.78 is 45.5. The number of nitrogens with one attached hydrogen (secondary N) is 2. The lowest BCUT2D eigenvalue weighted by molar-refractivity contribution is -0.143. The molecule has 2 aliphatic rings. The molecule has 3 rings (SSSR count). The Labute approximate surface area is 155 Å². The minimum atomic E-state index is -4.57. The molecule has 1 amide bonds. The molecule has 5 nitrogen and oxygen atoms in total. The van der Waals surface area contributed by atoms with Gasteiger partial charge in [-0.25, -0.2) is 0 Å². The van der Waals surface area contributed by atoms with E-state index in [0.29, 0.717) is 12.5 Å². The van der Waals surface area contributed by atoms with Crippen LogP contribution in [0.3, 0.4) is 0 Å². The van der Waals surface area contributed by atoms with Gasteiger partial charge in [0, 0.05) is 18.2 Å². The highest BCUT2D eigenvalue weighted by molar-refractivity contribution is 5.99. The van der Waals surface area contributed by atoms with Crippen molar-refractivity contribution in [3.05, 3.63) is 34.4 Å². The Hall–Kier alpha value is -2.09. The Balaban J connectivity index is 1.93. The zero-order chi connectivity index (χ0) is 19.6. The molecule has 27 heavy (non-hydrogen) atoms. The van der Waals surface area contributed by atoms with Crippen LogP contribution < -0.4 is 10.6 Å². The minimum Gasteiger partial charge on any atom is -0.466 e. The molecule has 1 fully saturated rings. The van der Waals surface area contributed by atoms with Crippen LogP contribution >= 0.6 is 0 Å². The van der Waals surface area contributed by atoms with Gasteiger partial charge in [-0.1, -0.05) is 6.42 Å². The molecule has 0 unspecified atom stereocenters. The topological polar surface area (TPSA) is 67.4 Å². The number of rotatable bonds is 7. The molecule has 0 saturated heterocycles. The summed E-state index contributed by atoms with van der Waals surface area (Å²) in [6.45, 7) is 2.36. The minimum absolute atomic E-state index is 0.0270. The summed E-state index contributed by atoms with van der Waals surface area (Å²) in [7, 11) is 0. The van der Waals surface area contributed by atoms with Crippen molar-refractivity contribution in [2.45, 2.75) is 51.4 Å². The number of carbonyl (C=O) groups is 2.